The first kappa shape index (κ1) is 14.0. The molecule has 0 aliphatic carbocycles. The maximum absolute atomic E-state index is 5.65. The van der Waals surface area contributed by atoms with Crippen molar-refractivity contribution in [1.82, 2.24) is 5.43 Å². The Balaban J connectivity index is 2.73. The van der Waals surface area contributed by atoms with Crippen molar-refractivity contribution in [3.8, 4) is 5.75 Å². The number of nitrogens with two attached hydrogens (primary N) is 1. The van der Waals surface area contributed by atoms with Gasteiger partial charge in [-0.1, -0.05) is 12.1 Å². The number of rotatable bonds is 7. The maximum Gasteiger partial charge on any atom is 0.120 e. The molecule has 1 aromatic rings. The highest BCUT2D eigenvalue weighted by Crippen LogP contribution is 2.21. The lowest BCUT2D eigenvalue weighted by atomic mass is 10.0. The Hall–Kier alpha value is -1.10. The largest absolute Gasteiger partial charge is 0.491 e. The standard InChI is InChI=1S/C13H22N2O2/c1-10(2)17-12-6-4-5-11(9-12)13(15-14)7-8-16-3/h4-6,9-10,13,15H,7-8,14H2,1-3H3. The summed E-state index contributed by atoms with van der Waals surface area (Å²) >= 11 is 0. The molecular weight excluding hydrogens is 216 g/mol. The van der Waals surface area contributed by atoms with Gasteiger partial charge in [0.05, 0.1) is 6.10 Å². The van der Waals surface area contributed by atoms with Crippen molar-refractivity contribution in [2.45, 2.75) is 32.4 Å². The normalized spacial score (nSPS) is 12.8. The van der Waals surface area contributed by atoms with Gasteiger partial charge in [-0.15, -0.1) is 0 Å². The fourth-order valence-electron chi connectivity index (χ4n) is 1.66. The zero-order valence-electron chi connectivity index (χ0n) is 10.8. The second-order valence-electron chi connectivity index (χ2n) is 4.24. The molecule has 1 aromatic carbocycles. The molecule has 0 aliphatic rings. The highest BCUT2D eigenvalue weighted by atomic mass is 16.5. The van der Waals surface area contributed by atoms with E-state index in [0.29, 0.717) is 6.61 Å². The van der Waals surface area contributed by atoms with E-state index in [1.165, 1.54) is 0 Å². The minimum atomic E-state index is 0.0886. The summed E-state index contributed by atoms with van der Waals surface area (Å²) in [6, 6.07) is 8.07. The van der Waals surface area contributed by atoms with Crippen molar-refractivity contribution < 1.29 is 9.47 Å². The van der Waals surface area contributed by atoms with Gasteiger partial charge in [-0.05, 0) is 38.0 Å². The van der Waals surface area contributed by atoms with Crippen molar-refractivity contribution in [1.29, 1.82) is 0 Å². The molecule has 1 rings (SSSR count). The van der Waals surface area contributed by atoms with Crippen LogP contribution in [0.25, 0.3) is 0 Å². The van der Waals surface area contributed by atoms with Gasteiger partial charge < -0.3 is 9.47 Å². The van der Waals surface area contributed by atoms with Crippen LogP contribution in [0.15, 0.2) is 24.3 Å². The minimum Gasteiger partial charge on any atom is -0.491 e. The van der Waals surface area contributed by atoms with E-state index in [9.17, 15) is 0 Å². The van der Waals surface area contributed by atoms with Gasteiger partial charge in [0.2, 0.25) is 0 Å². The van der Waals surface area contributed by atoms with E-state index in [2.05, 4.69) is 5.43 Å². The van der Waals surface area contributed by atoms with E-state index in [0.717, 1.165) is 17.7 Å². The number of benzene rings is 1. The fourth-order valence-corrected chi connectivity index (χ4v) is 1.66. The first-order valence-electron chi connectivity index (χ1n) is 5.89. The second-order valence-corrected chi connectivity index (χ2v) is 4.24. The highest BCUT2D eigenvalue weighted by Gasteiger charge is 2.10. The monoisotopic (exact) mass is 238 g/mol. The first-order valence-corrected chi connectivity index (χ1v) is 5.89. The molecule has 0 aliphatic heterocycles. The number of methoxy groups -OCH3 is 1. The van der Waals surface area contributed by atoms with Crippen LogP contribution in [0.5, 0.6) is 5.75 Å². The molecule has 4 heteroatoms. The Morgan fingerprint density at radius 1 is 1.35 bits per heavy atom. The lowest BCUT2D eigenvalue weighted by Crippen LogP contribution is -2.28. The lowest BCUT2D eigenvalue weighted by molar-refractivity contribution is 0.183. The third-order valence-electron chi connectivity index (χ3n) is 2.44. The zero-order valence-corrected chi connectivity index (χ0v) is 10.8. The van der Waals surface area contributed by atoms with Crippen LogP contribution in [0.1, 0.15) is 31.9 Å². The predicted molar refractivity (Wildman–Crippen MR) is 68.8 cm³/mol. The Kier molecular flexibility index (Phi) is 5.97. The van der Waals surface area contributed by atoms with Crippen LogP contribution in [0.4, 0.5) is 0 Å². The summed E-state index contributed by atoms with van der Waals surface area (Å²) in [5, 5.41) is 0. The van der Waals surface area contributed by atoms with Crippen LogP contribution in [0.2, 0.25) is 0 Å². The smallest absolute Gasteiger partial charge is 0.120 e. The van der Waals surface area contributed by atoms with Gasteiger partial charge in [0, 0.05) is 19.8 Å². The molecule has 1 unspecified atom stereocenters. The van der Waals surface area contributed by atoms with Crippen LogP contribution >= 0.6 is 0 Å². The van der Waals surface area contributed by atoms with Gasteiger partial charge >= 0.3 is 0 Å². The summed E-state index contributed by atoms with van der Waals surface area (Å²) in [7, 11) is 1.69. The van der Waals surface area contributed by atoms with Gasteiger partial charge in [0.25, 0.3) is 0 Å². The van der Waals surface area contributed by atoms with Crippen LogP contribution in [0.3, 0.4) is 0 Å². The average molecular weight is 238 g/mol. The zero-order chi connectivity index (χ0) is 12.7. The molecule has 3 N–H and O–H groups in total. The Labute approximate surface area is 103 Å². The molecule has 0 fully saturated rings. The number of ether oxygens (including phenoxy) is 2. The predicted octanol–water partition coefficient (Wildman–Crippen LogP) is 2.01. The molecule has 1 atom stereocenters. The molecule has 96 valence electrons. The van der Waals surface area contributed by atoms with Gasteiger partial charge in [-0.3, -0.25) is 11.3 Å². The van der Waals surface area contributed by atoms with E-state index in [-0.39, 0.29) is 12.1 Å². The summed E-state index contributed by atoms with van der Waals surface area (Å²) < 4.78 is 10.7. The van der Waals surface area contributed by atoms with Crippen LogP contribution in [-0.4, -0.2) is 19.8 Å². The molecule has 0 aromatic heterocycles. The Bertz CT molecular complexity index is 329. The van der Waals surface area contributed by atoms with Crippen LogP contribution in [0, 0.1) is 0 Å². The summed E-state index contributed by atoms with van der Waals surface area (Å²) in [6.07, 6.45) is 1.01. The fraction of sp³-hybridized carbons (Fsp3) is 0.538. The molecule has 0 radical (unpaired) electrons. The van der Waals surface area contributed by atoms with Crippen molar-refractivity contribution in [3.05, 3.63) is 29.8 Å². The summed E-state index contributed by atoms with van der Waals surface area (Å²) in [6.45, 7) is 4.69. The number of hydrogen-bond donors (Lipinski definition) is 2. The lowest BCUT2D eigenvalue weighted by Gasteiger charge is -2.17. The van der Waals surface area contributed by atoms with Gasteiger partial charge in [-0.2, -0.15) is 0 Å². The molecule has 0 amide bonds. The summed E-state index contributed by atoms with van der Waals surface area (Å²) in [5.74, 6) is 6.42. The molecule has 0 saturated carbocycles. The third kappa shape index (κ3) is 4.73. The topological polar surface area (TPSA) is 56.5 Å². The Morgan fingerprint density at radius 3 is 2.71 bits per heavy atom. The van der Waals surface area contributed by atoms with Gasteiger partial charge in [0.15, 0.2) is 0 Å². The van der Waals surface area contributed by atoms with Crippen molar-refractivity contribution in [3.63, 3.8) is 0 Å². The molecule has 0 heterocycles. The molecule has 0 saturated heterocycles. The number of hydrazine groups is 1. The minimum absolute atomic E-state index is 0.0886. The maximum atomic E-state index is 5.65. The van der Waals surface area contributed by atoms with E-state index in [1.54, 1.807) is 7.11 Å². The van der Waals surface area contributed by atoms with Crippen LogP contribution < -0.4 is 16.0 Å². The van der Waals surface area contributed by atoms with Gasteiger partial charge in [-0.25, -0.2) is 0 Å². The van der Waals surface area contributed by atoms with E-state index in [1.807, 2.05) is 38.1 Å². The SMILES string of the molecule is COCCC(NN)c1cccc(OC(C)C)c1. The quantitative estimate of drug-likeness (QED) is 0.563. The first-order chi connectivity index (χ1) is 8.17. The van der Waals surface area contributed by atoms with Crippen molar-refractivity contribution in [2.75, 3.05) is 13.7 Å². The van der Waals surface area contributed by atoms with Crippen LogP contribution in [-0.2, 0) is 4.74 Å². The highest BCUT2D eigenvalue weighted by molar-refractivity contribution is 5.30. The average Bonchev–Trinajstić information content (AvgIpc) is 2.30. The van der Waals surface area contributed by atoms with E-state index in [4.69, 9.17) is 15.3 Å². The molecule has 0 spiro atoms. The summed E-state index contributed by atoms with van der Waals surface area (Å²) in [5.41, 5.74) is 3.91. The van der Waals surface area contributed by atoms with E-state index < -0.39 is 0 Å². The third-order valence-corrected chi connectivity index (χ3v) is 2.44. The molecule has 4 nitrogen and oxygen atoms in total. The molecular formula is C13H22N2O2. The van der Waals surface area contributed by atoms with Crippen molar-refractivity contribution in [2.24, 2.45) is 5.84 Å². The van der Waals surface area contributed by atoms with Gasteiger partial charge in [0.1, 0.15) is 5.75 Å². The number of hydrogen-bond acceptors (Lipinski definition) is 4. The molecule has 0 bridgehead atoms. The second kappa shape index (κ2) is 7.27. The number of nitrogens with one attached hydrogen (secondary N) is 1. The Morgan fingerprint density at radius 2 is 2.12 bits per heavy atom. The summed E-state index contributed by atoms with van der Waals surface area (Å²) in [4.78, 5) is 0. The van der Waals surface area contributed by atoms with Crippen molar-refractivity contribution >= 4 is 0 Å². The van der Waals surface area contributed by atoms with E-state index >= 15 is 0 Å². The molecule has 17 heavy (non-hydrogen) atoms.